The van der Waals surface area contributed by atoms with Crippen LogP contribution in [0.25, 0.3) is 0 Å². The summed E-state index contributed by atoms with van der Waals surface area (Å²) in [4.78, 5) is 12.4. The lowest BCUT2D eigenvalue weighted by molar-refractivity contribution is 0.102. The highest BCUT2D eigenvalue weighted by Gasteiger charge is 2.15. The van der Waals surface area contributed by atoms with E-state index in [0.717, 1.165) is 22.7 Å². The van der Waals surface area contributed by atoms with E-state index >= 15 is 0 Å². The van der Waals surface area contributed by atoms with Crippen LogP contribution in [0.2, 0.25) is 0 Å². The number of ether oxygens (including phenoxy) is 1. The van der Waals surface area contributed by atoms with Gasteiger partial charge in [0.25, 0.3) is 5.91 Å². The number of halogens is 1. The number of aromatic nitrogens is 2. The topological polar surface area (TPSA) is 56.1 Å². The molecule has 0 aliphatic heterocycles. The molecule has 3 aromatic rings. The van der Waals surface area contributed by atoms with Crippen molar-refractivity contribution in [3.63, 3.8) is 0 Å². The maximum atomic E-state index is 13.0. The molecule has 0 radical (unpaired) electrons. The average Bonchev–Trinajstić information content (AvgIpc) is 2.90. The first-order chi connectivity index (χ1) is 12.5. The summed E-state index contributed by atoms with van der Waals surface area (Å²) in [7, 11) is 1.63. The van der Waals surface area contributed by atoms with Crippen LogP contribution >= 0.6 is 0 Å². The van der Waals surface area contributed by atoms with Crippen molar-refractivity contribution in [2.75, 3.05) is 12.4 Å². The van der Waals surface area contributed by atoms with E-state index in [1.165, 1.54) is 24.3 Å². The fourth-order valence-electron chi connectivity index (χ4n) is 2.76. The third-order valence-corrected chi connectivity index (χ3v) is 4.19. The SMILES string of the molecule is COc1cccc(Cn2nc(C)c(NC(=O)c3ccc(F)cc3)c2C)c1. The highest BCUT2D eigenvalue weighted by Crippen LogP contribution is 2.22. The second-order valence-electron chi connectivity index (χ2n) is 6.02. The Balaban J connectivity index is 1.81. The summed E-state index contributed by atoms with van der Waals surface area (Å²) < 4.78 is 20.1. The molecule has 0 fully saturated rings. The second-order valence-corrected chi connectivity index (χ2v) is 6.02. The Hall–Kier alpha value is -3.15. The van der Waals surface area contributed by atoms with E-state index in [1.807, 2.05) is 42.8 Å². The largest absolute Gasteiger partial charge is 0.497 e. The molecule has 0 saturated heterocycles. The van der Waals surface area contributed by atoms with Gasteiger partial charge in [-0.25, -0.2) is 4.39 Å². The standard InChI is InChI=1S/C20H20FN3O2/c1-13-19(22-20(25)16-7-9-17(21)10-8-16)14(2)24(23-13)12-15-5-4-6-18(11-15)26-3/h4-11H,12H2,1-3H3,(H,22,25). The van der Waals surface area contributed by atoms with Crippen LogP contribution in [0.4, 0.5) is 10.1 Å². The molecule has 134 valence electrons. The van der Waals surface area contributed by atoms with Gasteiger partial charge in [-0.1, -0.05) is 12.1 Å². The first-order valence-corrected chi connectivity index (χ1v) is 8.22. The lowest BCUT2D eigenvalue weighted by atomic mass is 10.2. The van der Waals surface area contributed by atoms with Crippen LogP contribution in [-0.4, -0.2) is 22.8 Å². The summed E-state index contributed by atoms with van der Waals surface area (Å²) in [6.07, 6.45) is 0. The molecular weight excluding hydrogens is 333 g/mol. The number of methoxy groups -OCH3 is 1. The third-order valence-electron chi connectivity index (χ3n) is 4.19. The first kappa shape index (κ1) is 17.7. The summed E-state index contributed by atoms with van der Waals surface area (Å²) in [5, 5.41) is 7.40. The maximum absolute atomic E-state index is 13.0. The van der Waals surface area contributed by atoms with E-state index < -0.39 is 0 Å². The zero-order chi connectivity index (χ0) is 18.7. The molecule has 2 aromatic carbocycles. The number of carbonyl (C=O) groups excluding carboxylic acids is 1. The number of hydrogen-bond acceptors (Lipinski definition) is 3. The highest BCUT2D eigenvalue weighted by molar-refractivity contribution is 6.04. The first-order valence-electron chi connectivity index (χ1n) is 8.22. The number of benzene rings is 2. The molecule has 0 aliphatic rings. The van der Waals surface area contributed by atoms with Gasteiger partial charge in [0.1, 0.15) is 11.6 Å². The Bertz CT molecular complexity index is 933. The Morgan fingerprint density at radius 2 is 1.92 bits per heavy atom. The van der Waals surface area contributed by atoms with E-state index in [4.69, 9.17) is 4.74 Å². The summed E-state index contributed by atoms with van der Waals surface area (Å²) in [5.74, 6) is 0.117. The van der Waals surface area contributed by atoms with Crippen LogP contribution in [-0.2, 0) is 6.54 Å². The summed E-state index contributed by atoms with van der Waals surface area (Å²) >= 11 is 0. The monoisotopic (exact) mass is 353 g/mol. The molecule has 0 saturated carbocycles. The highest BCUT2D eigenvalue weighted by atomic mass is 19.1. The number of nitrogens with zero attached hydrogens (tertiary/aromatic N) is 2. The van der Waals surface area contributed by atoms with Crippen molar-refractivity contribution in [3.8, 4) is 5.75 Å². The van der Waals surface area contributed by atoms with Gasteiger partial charge in [0.2, 0.25) is 0 Å². The molecule has 26 heavy (non-hydrogen) atoms. The van der Waals surface area contributed by atoms with E-state index in [2.05, 4.69) is 10.4 Å². The molecule has 5 nitrogen and oxygen atoms in total. The van der Waals surface area contributed by atoms with Crippen molar-refractivity contribution in [1.82, 2.24) is 9.78 Å². The minimum atomic E-state index is -0.375. The van der Waals surface area contributed by atoms with Gasteiger partial charge in [0.05, 0.1) is 30.7 Å². The molecule has 3 rings (SSSR count). The Kier molecular flexibility index (Phi) is 5.02. The normalized spacial score (nSPS) is 10.6. The molecule has 0 atom stereocenters. The fraction of sp³-hybridized carbons (Fsp3) is 0.200. The molecule has 6 heteroatoms. The summed E-state index contributed by atoms with van der Waals surface area (Å²) in [6.45, 7) is 4.31. The summed E-state index contributed by atoms with van der Waals surface area (Å²) in [5.41, 5.74) is 3.68. The van der Waals surface area contributed by atoms with Crippen molar-refractivity contribution < 1.29 is 13.9 Å². The third kappa shape index (κ3) is 3.74. The van der Waals surface area contributed by atoms with E-state index in [9.17, 15) is 9.18 Å². The van der Waals surface area contributed by atoms with Crippen LogP contribution in [0.1, 0.15) is 27.3 Å². The summed E-state index contributed by atoms with van der Waals surface area (Å²) in [6, 6.07) is 13.2. The Morgan fingerprint density at radius 3 is 2.62 bits per heavy atom. The minimum Gasteiger partial charge on any atom is -0.497 e. The van der Waals surface area contributed by atoms with Gasteiger partial charge in [-0.2, -0.15) is 5.10 Å². The van der Waals surface area contributed by atoms with E-state index in [0.29, 0.717) is 17.8 Å². The van der Waals surface area contributed by atoms with Gasteiger partial charge in [-0.05, 0) is 55.8 Å². The lowest BCUT2D eigenvalue weighted by Crippen LogP contribution is -2.13. The predicted molar refractivity (Wildman–Crippen MR) is 98.2 cm³/mol. The molecule has 0 unspecified atom stereocenters. The molecule has 1 heterocycles. The zero-order valence-electron chi connectivity index (χ0n) is 14.9. The van der Waals surface area contributed by atoms with Crippen molar-refractivity contribution in [2.45, 2.75) is 20.4 Å². The predicted octanol–water partition coefficient (Wildman–Crippen LogP) is 3.95. The number of carbonyl (C=O) groups is 1. The van der Waals surface area contributed by atoms with Crippen molar-refractivity contribution in [2.24, 2.45) is 0 Å². The van der Waals surface area contributed by atoms with Crippen LogP contribution < -0.4 is 10.1 Å². The van der Waals surface area contributed by atoms with E-state index in [-0.39, 0.29) is 11.7 Å². The van der Waals surface area contributed by atoms with E-state index in [1.54, 1.807) is 7.11 Å². The molecule has 0 spiro atoms. The lowest BCUT2D eigenvalue weighted by Gasteiger charge is -2.08. The van der Waals surface area contributed by atoms with Gasteiger partial charge in [-0.15, -0.1) is 0 Å². The van der Waals surface area contributed by atoms with Gasteiger partial charge in [-0.3, -0.25) is 9.48 Å². The fourth-order valence-corrected chi connectivity index (χ4v) is 2.76. The average molecular weight is 353 g/mol. The maximum Gasteiger partial charge on any atom is 0.255 e. The Morgan fingerprint density at radius 1 is 1.19 bits per heavy atom. The van der Waals surface area contributed by atoms with Gasteiger partial charge < -0.3 is 10.1 Å². The number of rotatable bonds is 5. The molecule has 1 aromatic heterocycles. The second kappa shape index (κ2) is 7.39. The molecule has 0 aliphatic carbocycles. The van der Waals surface area contributed by atoms with Gasteiger partial charge in [0, 0.05) is 5.56 Å². The smallest absolute Gasteiger partial charge is 0.255 e. The van der Waals surface area contributed by atoms with Gasteiger partial charge >= 0.3 is 0 Å². The number of anilines is 1. The molecular formula is C20H20FN3O2. The van der Waals surface area contributed by atoms with Crippen LogP contribution in [0.15, 0.2) is 48.5 Å². The quantitative estimate of drug-likeness (QED) is 0.756. The zero-order valence-corrected chi connectivity index (χ0v) is 14.9. The number of amides is 1. The molecule has 1 amide bonds. The number of aryl methyl sites for hydroxylation is 1. The van der Waals surface area contributed by atoms with Crippen molar-refractivity contribution in [1.29, 1.82) is 0 Å². The molecule has 0 bridgehead atoms. The van der Waals surface area contributed by atoms with Crippen molar-refractivity contribution >= 4 is 11.6 Å². The van der Waals surface area contributed by atoms with Crippen molar-refractivity contribution in [3.05, 3.63) is 76.9 Å². The number of hydrogen-bond donors (Lipinski definition) is 1. The van der Waals surface area contributed by atoms with Gasteiger partial charge in [0.15, 0.2) is 0 Å². The van der Waals surface area contributed by atoms with Crippen LogP contribution in [0, 0.1) is 19.7 Å². The Labute approximate surface area is 151 Å². The number of nitrogens with one attached hydrogen (secondary N) is 1. The minimum absolute atomic E-state index is 0.294. The molecule has 1 N–H and O–H groups in total. The van der Waals surface area contributed by atoms with Crippen LogP contribution in [0.5, 0.6) is 5.75 Å². The van der Waals surface area contributed by atoms with Crippen LogP contribution in [0.3, 0.4) is 0 Å².